The summed E-state index contributed by atoms with van der Waals surface area (Å²) in [6.45, 7) is 2.57. The van der Waals surface area contributed by atoms with Crippen molar-refractivity contribution in [2.24, 2.45) is 0 Å². The highest BCUT2D eigenvalue weighted by Gasteiger charge is 2.09. The minimum absolute atomic E-state index is 0.0876. The van der Waals surface area contributed by atoms with Crippen LogP contribution in [0.25, 0.3) is 0 Å². The standard InChI is InChI=1S/C15H15ClN2O2/c1-10(13-4-2-3-5-14(13)16)17-9-12-7-6-11(8-18-12)15(19)20/h2-8,10,17H,9H2,1H3,(H,19,20). The lowest BCUT2D eigenvalue weighted by molar-refractivity contribution is 0.0696. The molecule has 0 amide bonds. The number of carboxylic acid groups (broad SMARTS) is 1. The van der Waals surface area contributed by atoms with Gasteiger partial charge in [0.2, 0.25) is 0 Å². The maximum atomic E-state index is 10.7. The Balaban J connectivity index is 1.98. The molecule has 20 heavy (non-hydrogen) atoms. The zero-order valence-corrected chi connectivity index (χ0v) is 11.8. The number of hydrogen-bond donors (Lipinski definition) is 2. The maximum Gasteiger partial charge on any atom is 0.337 e. The molecule has 0 aliphatic heterocycles. The van der Waals surface area contributed by atoms with Gasteiger partial charge in [-0.05, 0) is 30.7 Å². The Morgan fingerprint density at radius 3 is 2.70 bits per heavy atom. The third-order valence-corrected chi connectivity index (χ3v) is 3.38. The molecule has 2 aromatic rings. The average molecular weight is 291 g/mol. The van der Waals surface area contributed by atoms with Crippen LogP contribution in [0.5, 0.6) is 0 Å². The summed E-state index contributed by atoms with van der Waals surface area (Å²) in [6, 6.07) is 11.0. The van der Waals surface area contributed by atoms with Crippen LogP contribution in [0.15, 0.2) is 42.6 Å². The lowest BCUT2D eigenvalue weighted by Gasteiger charge is -2.15. The minimum atomic E-state index is -0.971. The smallest absolute Gasteiger partial charge is 0.337 e. The van der Waals surface area contributed by atoms with Crippen molar-refractivity contribution in [3.63, 3.8) is 0 Å². The van der Waals surface area contributed by atoms with E-state index in [0.717, 1.165) is 16.3 Å². The number of pyridine rings is 1. The first-order chi connectivity index (χ1) is 9.58. The van der Waals surface area contributed by atoms with E-state index < -0.39 is 5.97 Å². The van der Waals surface area contributed by atoms with Gasteiger partial charge in [0, 0.05) is 23.8 Å². The van der Waals surface area contributed by atoms with Crippen LogP contribution < -0.4 is 5.32 Å². The molecule has 104 valence electrons. The number of nitrogens with zero attached hydrogens (tertiary/aromatic N) is 1. The van der Waals surface area contributed by atoms with Crippen molar-refractivity contribution in [2.45, 2.75) is 19.5 Å². The second-order valence-corrected chi connectivity index (χ2v) is 4.87. The van der Waals surface area contributed by atoms with Crippen LogP contribution in [0.2, 0.25) is 5.02 Å². The van der Waals surface area contributed by atoms with E-state index in [2.05, 4.69) is 10.3 Å². The molecule has 0 bridgehead atoms. The summed E-state index contributed by atoms with van der Waals surface area (Å²) in [6.07, 6.45) is 1.36. The summed E-state index contributed by atoms with van der Waals surface area (Å²) < 4.78 is 0. The number of hydrogen-bond acceptors (Lipinski definition) is 3. The van der Waals surface area contributed by atoms with Gasteiger partial charge in [-0.3, -0.25) is 4.98 Å². The Morgan fingerprint density at radius 1 is 1.35 bits per heavy atom. The quantitative estimate of drug-likeness (QED) is 0.887. The number of rotatable bonds is 5. The van der Waals surface area contributed by atoms with Crippen LogP contribution in [-0.2, 0) is 6.54 Å². The molecule has 1 aromatic heterocycles. The number of benzene rings is 1. The molecular formula is C15H15ClN2O2. The fourth-order valence-corrected chi connectivity index (χ4v) is 2.15. The number of carboxylic acids is 1. The summed E-state index contributed by atoms with van der Waals surface area (Å²) in [5, 5.41) is 12.8. The van der Waals surface area contributed by atoms with Crippen molar-refractivity contribution in [1.29, 1.82) is 0 Å². The zero-order valence-electron chi connectivity index (χ0n) is 11.0. The molecular weight excluding hydrogens is 276 g/mol. The molecule has 4 nitrogen and oxygen atoms in total. The summed E-state index contributed by atoms with van der Waals surface area (Å²) in [5.74, 6) is -0.971. The first-order valence-corrected chi connectivity index (χ1v) is 6.61. The predicted octanol–water partition coefficient (Wildman–Crippen LogP) is 3.28. The largest absolute Gasteiger partial charge is 0.478 e. The van der Waals surface area contributed by atoms with Crippen LogP contribution in [-0.4, -0.2) is 16.1 Å². The number of carbonyl (C=O) groups is 1. The van der Waals surface area contributed by atoms with E-state index >= 15 is 0 Å². The normalized spacial score (nSPS) is 12.1. The highest BCUT2D eigenvalue weighted by Crippen LogP contribution is 2.22. The van der Waals surface area contributed by atoms with Crippen molar-refractivity contribution < 1.29 is 9.90 Å². The van der Waals surface area contributed by atoms with Gasteiger partial charge in [0.1, 0.15) is 0 Å². The first kappa shape index (κ1) is 14.5. The van der Waals surface area contributed by atoms with Gasteiger partial charge in [-0.25, -0.2) is 4.79 Å². The van der Waals surface area contributed by atoms with Gasteiger partial charge in [0.05, 0.1) is 11.3 Å². The van der Waals surface area contributed by atoms with E-state index in [9.17, 15) is 4.79 Å². The summed E-state index contributed by atoms with van der Waals surface area (Å²) in [4.78, 5) is 14.8. The SMILES string of the molecule is CC(NCc1ccc(C(=O)O)cn1)c1ccccc1Cl. The van der Waals surface area contributed by atoms with E-state index in [0.29, 0.717) is 6.54 Å². The molecule has 0 saturated carbocycles. The van der Waals surface area contributed by atoms with E-state index in [4.69, 9.17) is 16.7 Å². The van der Waals surface area contributed by atoms with Gasteiger partial charge < -0.3 is 10.4 Å². The molecule has 1 aromatic carbocycles. The van der Waals surface area contributed by atoms with Gasteiger partial charge in [-0.1, -0.05) is 29.8 Å². The van der Waals surface area contributed by atoms with Gasteiger partial charge >= 0.3 is 5.97 Å². The fraction of sp³-hybridized carbons (Fsp3) is 0.200. The van der Waals surface area contributed by atoms with E-state index in [1.54, 1.807) is 12.1 Å². The lowest BCUT2D eigenvalue weighted by Crippen LogP contribution is -2.19. The molecule has 1 atom stereocenters. The molecule has 5 heteroatoms. The van der Waals surface area contributed by atoms with Gasteiger partial charge in [-0.2, -0.15) is 0 Å². The number of aromatic nitrogens is 1. The molecule has 2 N–H and O–H groups in total. The van der Waals surface area contributed by atoms with Crippen molar-refractivity contribution >= 4 is 17.6 Å². The van der Waals surface area contributed by atoms with Gasteiger partial charge in [-0.15, -0.1) is 0 Å². The third kappa shape index (κ3) is 3.56. The Bertz CT molecular complexity index is 599. The molecule has 1 heterocycles. The summed E-state index contributed by atoms with van der Waals surface area (Å²) in [5.41, 5.74) is 2.00. The Morgan fingerprint density at radius 2 is 2.10 bits per heavy atom. The van der Waals surface area contributed by atoms with Crippen LogP contribution in [0, 0.1) is 0 Å². The molecule has 0 aliphatic rings. The molecule has 1 unspecified atom stereocenters. The second-order valence-electron chi connectivity index (χ2n) is 4.47. The maximum absolute atomic E-state index is 10.7. The van der Waals surface area contributed by atoms with Crippen LogP contribution in [0.3, 0.4) is 0 Å². The van der Waals surface area contributed by atoms with Crippen molar-refractivity contribution in [3.8, 4) is 0 Å². The monoisotopic (exact) mass is 290 g/mol. The van der Waals surface area contributed by atoms with Crippen molar-refractivity contribution in [1.82, 2.24) is 10.3 Å². The average Bonchev–Trinajstić information content (AvgIpc) is 2.45. The van der Waals surface area contributed by atoms with Crippen molar-refractivity contribution in [2.75, 3.05) is 0 Å². The third-order valence-electron chi connectivity index (χ3n) is 3.03. The topological polar surface area (TPSA) is 62.2 Å². The lowest BCUT2D eigenvalue weighted by atomic mass is 10.1. The number of aromatic carboxylic acids is 1. The van der Waals surface area contributed by atoms with E-state index in [1.165, 1.54) is 6.20 Å². The Kier molecular flexibility index (Phi) is 4.71. The molecule has 0 saturated heterocycles. The van der Waals surface area contributed by atoms with Gasteiger partial charge in [0.15, 0.2) is 0 Å². The highest BCUT2D eigenvalue weighted by atomic mass is 35.5. The fourth-order valence-electron chi connectivity index (χ4n) is 1.85. The Labute approximate surface area is 122 Å². The zero-order chi connectivity index (χ0) is 14.5. The summed E-state index contributed by atoms with van der Waals surface area (Å²) >= 11 is 6.14. The molecule has 0 spiro atoms. The van der Waals surface area contributed by atoms with E-state index in [1.807, 2.05) is 31.2 Å². The number of nitrogens with one attached hydrogen (secondary N) is 1. The van der Waals surface area contributed by atoms with Crippen LogP contribution >= 0.6 is 11.6 Å². The van der Waals surface area contributed by atoms with Crippen molar-refractivity contribution in [3.05, 3.63) is 64.4 Å². The number of halogens is 1. The molecule has 0 radical (unpaired) electrons. The first-order valence-electron chi connectivity index (χ1n) is 6.24. The Hall–Kier alpha value is -1.91. The molecule has 0 aliphatic carbocycles. The molecule has 0 fully saturated rings. The van der Waals surface area contributed by atoms with Crippen LogP contribution in [0.1, 0.15) is 34.6 Å². The molecule has 2 rings (SSSR count). The highest BCUT2D eigenvalue weighted by molar-refractivity contribution is 6.31. The van der Waals surface area contributed by atoms with E-state index in [-0.39, 0.29) is 11.6 Å². The van der Waals surface area contributed by atoms with Crippen LogP contribution in [0.4, 0.5) is 0 Å². The predicted molar refractivity (Wildman–Crippen MR) is 77.9 cm³/mol. The second kappa shape index (κ2) is 6.50. The minimum Gasteiger partial charge on any atom is -0.478 e. The van der Waals surface area contributed by atoms with Gasteiger partial charge in [0.25, 0.3) is 0 Å². The summed E-state index contributed by atoms with van der Waals surface area (Å²) in [7, 11) is 0.